The fourth-order valence-electron chi connectivity index (χ4n) is 2.15. The van der Waals surface area contributed by atoms with Crippen molar-refractivity contribution >= 4 is 34.5 Å². The molecule has 0 unspecified atom stereocenters. The summed E-state index contributed by atoms with van der Waals surface area (Å²) >= 11 is 7.38. The van der Waals surface area contributed by atoms with Crippen molar-refractivity contribution < 1.29 is 18.3 Å². The number of ether oxygens (including phenoxy) is 1. The number of anilines is 1. The van der Waals surface area contributed by atoms with Crippen LogP contribution in [0.4, 0.5) is 14.5 Å². The molecule has 0 aliphatic carbocycles. The SMILES string of the molecule is C=CCN(CC(=O)Nc1ccc(OC(F)F)cc1)Cc1ccc(Cl)s1. The second kappa shape index (κ2) is 9.50. The minimum Gasteiger partial charge on any atom is -0.435 e. The zero-order valence-corrected chi connectivity index (χ0v) is 14.8. The second-order valence-corrected chi connectivity index (χ2v) is 6.91. The van der Waals surface area contributed by atoms with Crippen molar-refractivity contribution in [2.24, 2.45) is 0 Å². The standard InChI is InChI=1S/C17H17ClF2N2O2S/c1-2-9-22(10-14-7-8-15(18)25-14)11-16(23)21-12-3-5-13(6-4-12)24-17(19)20/h2-8,17H,1,9-11H2,(H,21,23). The molecule has 134 valence electrons. The normalized spacial score (nSPS) is 10.9. The van der Waals surface area contributed by atoms with Crippen molar-refractivity contribution in [3.8, 4) is 5.75 Å². The Morgan fingerprint density at radius 1 is 1.32 bits per heavy atom. The van der Waals surface area contributed by atoms with Gasteiger partial charge in [0.05, 0.1) is 10.9 Å². The maximum absolute atomic E-state index is 12.2. The molecule has 0 fully saturated rings. The molecule has 1 N–H and O–H groups in total. The minimum atomic E-state index is -2.88. The van der Waals surface area contributed by atoms with Gasteiger partial charge >= 0.3 is 6.61 Å². The maximum Gasteiger partial charge on any atom is 0.387 e. The maximum atomic E-state index is 12.2. The summed E-state index contributed by atoms with van der Waals surface area (Å²) in [6, 6.07) is 9.49. The molecule has 25 heavy (non-hydrogen) atoms. The van der Waals surface area contributed by atoms with Crippen molar-refractivity contribution in [2.45, 2.75) is 13.2 Å². The quantitative estimate of drug-likeness (QED) is 0.639. The Balaban J connectivity index is 1.90. The first kappa shape index (κ1) is 19.4. The third-order valence-electron chi connectivity index (χ3n) is 3.13. The van der Waals surface area contributed by atoms with Gasteiger partial charge in [0.1, 0.15) is 5.75 Å². The molecule has 0 spiro atoms. The third-order valence-corrected chi connectivity index (χ3v) is 4.34. The smallest absolute Gasteiger partial charge is 0.387 e. The van der Waals surface area contributed by atoms with Crippen molar-refractivity contribution in [3.63, 3.8) is 0 Å². The molecule has 0 bridgehead atoms. The Hall–Kier alpha value is -1.96. The van der Waals surface area contributed by atoms with Gasteiger partial charge in [0.25, 0.3) is 0 Å². The molecule has 0 saturated heterocycles. The first-order valence-electron chi connectivity index (χ1n) is 7.38. The molecule has 1 aromatic heterocycles. The van der Waals surface area contributed by atoms with Gasteiger partial charge in [0, 0.05) is 23.7 Å². The first-order valence-corrected chi connectivity index (χ1v) is 8.58. The van der Waals surface area contributed by atoms with E-state index in [4.69, 9.17) is 11.6 Å². The van der Waals surface area contributed by atoms with Gasteiger partial charge in [-0.2, -0.15) is 8.78 Å². The lowest BCUT2D eigenvalue weighted by Crippen LogP contribution is -2.32. The second-order valence-electron chi connectivity index (χ2n) is 5.12. The van der Waals surface area contributed by atoms with Crippen LogP contribution in [0.15, 0.2) is 49.1 Å². The molecule has 0 radical (unpaired) electrons. The van der Waals surface area contributed by atoms with Crippen LogP contribution in [0.3, 0.4) is 0 Å². The highest BCUT2D eigenvalue weighted by molar-refractivity contribution is 7.16. The number of benzene rings is 1. The molecular formula is C17H17ClF2N2O2S. The lowest BCUT2D eigenvalue weighted by Gasteiger charge is -2.19. The zero-order chi connectivity index (χ0) is 18.2. The Labute approximate surface area is 153 Å². The van der Waals surface area contributed by atoms with Crippen molar-refractivity contribution in [1.82, 2.24) is 4.90 Å². The molecule has 8 heteroatoms. The van der Waals surface area contributed by atoms with E-state index in [2.05, 4.69) is 16.6 Å². The number of halogens is 3. The molecule has 4 nitrogen and oxygen atoms in total. The monoisotopic (exact) mass is 386 g/mol. The summed E-state index contributed by atoms with van der Waals surface area (Å²) in [4.78, 5) is 15.2. The van der Waals surface area contributed by atoms with Gasteiger partial charge in [-0.3, -0.25) is 9.69 Å². The Bertz CT molecular complexity index is 707. The first-order chi connectivity index (χ1) is 12.0. The zero-order valence-electron chi connectivity index (χ0n) is 13.3. The van der Waals surface area contributed by atoms with Gasteiger partial charge in [-0.25, -0.2) is 0 Å². The van der Waals surface area contributed by atoms with Gasteiger partial charge in [-0.15, -0.1) is 17.9 Å². The molecule has 0 aliphatic rings. The van der Waals surface area contributed by atoms with Crippen LogP contribution in [0.1, 0.15) is 4.88 Å². The largest absolute Gasteiger partial charge is 0.435 e. The number of carbonyl (C=O) groups excluding carboxylic acids is 1. The number of thiophene rings is 1. The molecule has 2 rings (SSSR count). The highest BCUT2D eigenvalue weighted by atomic mass is 35.5. The van der Waals surface area contributed by atoms with Gasteiger partial charge < -0.3 is 10.1 Å². The molecule has 1 amide bonds. The molecule has 0 aliphatic heterocycles. The highest BCUT2D eigenvalue weighted by Gasteiger charge is 2.12. The predicted molar refractivity (Wildman–Crippen MR) is 96.5 cm³/mol. The highest BCUT2D eigenvalue weighted by Crippen LogP contribution is 2.23. The number of carbonyl (C=O) groups is 1. The number of nitrogens with zero attached hydrogens (tertiary/aromatic N) is 1. The fraction of sp³-hybridized carbons (Fsp3) is 0.235. The van der Waals surface area contributed by atoms with E-state index < -0.39 is 6.61 Å². The number of rotatable bonds is 9. The predicted octanol–water partition coefficient (Wildman–Crippen LogP) is 4.63. The summed E-state index contributed by atoms with van der Waals surface area (Å²) in [6.45, 7) is 2.12. The van der Waals surface area contributed by atoms with Crippen LogP contribution >= 0.6 is 22.9 Å². The summed E-state index contributed by atoms with van der Waals surface area (Å²) in [5.74, 6) is -0.178. The van der Waals surface area contributed by atoms with Gasteiger partial charge in [0.15, 0.2) is 0 Å². The third kappa shape index (κ3) is 6.81. The van der Waals surface area contributed by atoms with Crippen molar-refractivity contribution in [3.05, 3.63) is 58.3 Å². The van der Waals surface area contributed by atoms with Crippen LogP contribution in [0, 0.1) is 0 Å². The van der Waals surface area contributed by atoms with E-state index in [0.717, 1.165) is 4.88 Å². The van der Waals surface area contributed by atoms with E-state index in [1.165, 1.54) is 35.6 Å². The van der Waals surface area contributed by atoms with Crippen LogP contribution in [0.2, 0.25) is 4.34 Å². The van der Waals surface area contributed by atoms with Crippen LogP contribution < -0.4 is 10.1 Å². The Kier molecular flexibility index (Phi) is 7.36. The average Bonchev–Trinajstić information content (AvgIpc) is 2.94. The molecule has 1 heterocycles. The summed E-state index contributed by atoms with van der Waals surface area (Å²) in [5.41, 5.74) is 0.504. The number of alkyl halides is 2. The van der Waals surface area contributed by atoms with Gasteiger partial charge in [0.2, 0.25) is 5.91 Å². The Morgan fingerprint density at radius 2 is 2.04 bits per heavy atom. The topological polar surface area (TPSA) is 41.6 Å². The van der Waals surface area contributed by atoms with Crippen LogP contribution in [0.25, 0.3) is 0 Å². The van der Waals surface area contributed by atoms with E-state index in [1.807, 2.05) is 17.0 Å². The number of hydrogen-bond donors (Lipinski definition) is 1. The summed E-state index contributed by atoms with van der Waals surface area (Å²) in [5, 5.41) is 2.72. The minimum absolute atomic E-state index is 0.0378. The Morgan fingerprint density at radius 3 is 2.60 bits per heavy atom. The van der Waals surface area contributed by atoms with E-state index in [9.17, 15) is 13.6 Å². The summed E-state index contributed by atoms with van der Waals surface area (Å²) in [6.07, 6.45) is 1.72. The molecule has 1 aromatic carbocycles. The number of nitrogens with one attached hydrogen (secondary N) is 1. The fourth-order valence-corrected chi connectivity index (χ4v) is 3.28. The van der Waals surface area contributed by atoms with E-state index >= 15 is 0 Å². The molecular weight excluding hydrogens is 370 g/mol. The number of hydrogen-bond acceptors (Lipinski definition) is 4. The summed E-state index contributed by atoms with van der Waals surface area (Å²) in [7, 11) is 0. The molecule has 0 atom stereocenters. The van der Waals surface area contributed by atoms with Gasteiger partial charge in [-0.1, -0.05) is 17.7 Å². The molecule has 2 aromatic rings. The molecule has 0 saturated carbocycles. The average molecular weight is 387 g/mol. The van der Waals surface area contributed by atoms with E-state index in [-0.39, 0.29) is 18.2 Å². The van der Waals surface area contributed by atoms with Crippen LogP contribution in [-0.4, -0.2) is 30.5 Å². The van der Waals surface area contributed by atoms with Gasteiger partial charge in [-0.05, 0) is 36.4 Å². The number of amides is 1. The van der Waals surface area contributed by atoms with Crippen LogP contribution in [-0.2, 0) is 11.3 Å². The lowest BCUT2D eigenvalue weighted by molar-refractivity contribution is -0.117. The lowest BCUT2D eigenvalue weighted by atomic mass is 10.3. The van der Waals surface area contributed by atoms with Crippen LogP contribution in [0.5, 0.6) is 5.75 Å². The van der Waals surface area contributed by atoms with E-state index in [0.29, 0.717) is 23.1 Å². The van der Waals surface area contributed by atoms with Crippen molar-refractivity contribution in [2.75, 3.05) is 18.4 Å². The summed E-state index contributed by atoms with van der Waals surface area (Å²) < 4.78 is 29.2. The van der Waals surface area contributed by atoms with Crippen molar-refractivity contribution in [1.29, 1.82) is 0 Å². The van der Waals surface area contributed by atoms with E-state index in [1.54, 1.807) is 6.08 Å².